The van der Waals surface area contributed by atoms with Gasteiger partial charge in [0.2, 0.25) is 10.0 Å². The van der Waals surface area contributed by atoms with Crippen molar-refractivity contribution in [1.29, 1.82) is 0 Å². The number of hydrogen-bond acceptors (Lipinski definition) is 4. The van der Waals surface area contributed by atoms with Crippen molar-refractivity contribution in [3.8, 4) is 0 Å². The summed E-state index contributed by atoms with van der Waals surface area (Å²) in [6.45, 7) is 1.90. The normalized spacial score (nSPS) is 28.2. The lowest BCUT2D eigenvalue weighted by atomic mass is 9.78. The molecular weight excluding hydrogens is 270 g/mol. The molecule has 0 unspecified atom stereocenters. The fourth-order valence-corrected chi connectivity index (χ4v) is 3.96. The van der Waals surface area contributed by atoms with Gasteiger partial charge in [-0.05, 0) is 38.0 Å². The van der Waals surface area contributed by atoms with Gasteiger partial charge in [-0.25, -0.2) is 13.1 Å². The number of aliphatic hydroxyl groups is 1. The summed E-state index contributed by atoms with van der Waals surface area (Å²) >= 11 is 0. The smallest absolute Gasteiger partial charge is 0.303 e. The van der Waals surface area contributed by atoms with Gasteiger partial charge in [-0.1, -0.05) is 6.92 Å². The second-order valence-electron chi connectivity index (χ2n) is 5.54. The molecule has 0 aromatic heterocycles. The van der Waals surface area contributed by atoms with E-state index in [1.807, 2.05) is 0 Å². The Morgan fingerprint density at radius 2 is 1.95 bits per heavy atom. The lowest BCUT2D eigenvalue weighted by Gasteiger charge is -2.38. The van der Waals surface area contributed by atoms with Gasteiger partial charge in [-0.2, -0.15) is 0 Å². The Kier molecular flexibility index (Phi) is 5.76. The zero-order chi connectivity index (χ0) is 14.5. The summed E-state index contributed by atoms with van der Waals surface area (Å²) in [5.41, 5.74) is -0.755. The van der Waals surface area contributed by atoms with Crippen LogP contribution in [0.15, 0.2) is 0 Å². The average Bonchev–Trinajstić information content (AvgIpc) is 2.31. The molecular formula is C12H23NO5S. The first kappa shape index (κ1) is 16.4. The number of aliphatic hydroxyl groups excluding tert-OH is 1. The molecule has 0 saturated heterocycles. The van der Waals surface area contributed by atoms with Crippen molar-refractivity contribution < 1.29 is 23.4 Å². The van der Waals surface area contributed by atoms with Gasteiger partial charge >= 0.3 is 5.97 Å². The van der Waals surface area contributed by atoms with Crippen molar-refractivity contribution in [2.24, 2.45) is 5.92 Å². The highest BCUT2D eigenvalue weighted by Gasteiger charge is 2.36. The summed E-state index contributed by atoms with van der Waals surface area (Å²) in [6.07, 6.45) is 2.95. The quantitative estimate of drug-likeness (QED) is 0.641. The first-order valence-electron chi connectivity index (χ1n) is 6.63. The van der Waals surface area contributed by atoms with E-state index in [4.69, 9.17) is 5.11 Å². The van der Waals surface area contributed by atoms with Gasteiger partial charge in [0.1, 0.15) is 0 Å². The van der Waals surface area contributed by atoms with Crippen LogP contribution in [0, 0.1) is 5.92 Å². The molecule has 0 heterocycles. The van der Waals surface area contributed by atoms with E-state index in [0.717, 1.165) is 12.8 Å². The molecule has 0 atom stereocenters. The number of rotatable bonds is 7. The molecule has 0 aliphatic heterocycles. The topological polar surface area (TPSA) is 104 Å². The van der Waals surface area contributed by atoms with Crippen molar-refractivity contribution in [3.63, 3.8) is 0 Å². The van der Waals surface area contributed by atoms with E-state index in [9.17, 15) is 18.3 Å². The molecule has 0 spiro atoms. The fraction of sp³-hybridized carbons (Fsp3) is 0.917. The summed E-state index contributed by atoms with van der Waals surface area (Å²) in [4.78, 5) is 10.4. The lowest BCUT2D eigenvalue weighted by molar-refractivity contribution is -0.137. The third-order valence-electron chi connectivity index (χ3n) is 3.71. The monoisotopic (exact) mass is 293 g/mol. The minimum absolute atomic E-state index is 0.0859. The number of carboxylic acid groups (broad SMARTS) is 1. The predicted molar refractivity (Wildman–Crippen MR) is 71.2 cm³/mol. The third-order valence-corrected chi connectivity index (χ3v) is 5.28. The van der Waals surface area contributed by atoms with Crippen molar-refractivity contribution in [2.75, 3.05) is 12.4 Å². The van der Waals surface area contributed by atoms with Crippen molar-refractivity contribution >= 4 is 16.0 Å². The van der Waals surface area contributed by atoms with Crippen LogP contribution in [0.3, 0.4) is 0 Å². The highest BCUT2D eigenvalue weighted by molar-refractivity contribution is 7.89. The van der Waals surface area contributed by atoms with E-state index >= 15 is 0 Å². The molecule has 1 saturated carbocycles. The fourth-order valence-electron chi connectivity index (χ4n) is 2.40. The zero-order valence-corrected chi connectivity index (χ0v) is 12.1. The van der Waals surface area contributed by atoms with Gasteiger partial charge in [0.15, 0.2) is 0 Å². The molecule has 1 aliphatic rings. The molecule has 7 heteroatoms. The Labute approximate surface area is 114 Å². The predicted octanol–water partition coefficient (Wildman–Crippen LogP) is 0.712. The van der Waals surface area contributed by atoms with Crippen LogP contribution < -0.4 is 4.72 Å². The summed E-state index contributed by atoms with van der Waals surface area (Å²) in [5, 5.41) is 18.0. The van der Waals surface area contributed by atoms with Crippen LogP contribution in [0.5, 0.6) is 0 Å². The number of sulfonamides is 1. The van der Waals surface area contributed by atoms with Gasteiger partial charge in [0.05, 0.1) is 17.9 Å². The van der Waals surface area contributed by atoms with E-state index < -0.39 is 21.5 Å². The molecule has 112 valence electrons. The summed E-state index contributed by atoms with van der Waals surface area (Å²) in [7, 11) is -3.54. The third kappa shape index (κ3) is 5.46. The van der Waals surface area contributed by atoms with E-state index in [-0.39, 0.29) is 25.2 Å². The van der Waals surface area contributed by atoms with E-state index in [1.54, 1.807) is 0 Å². The SMILES string of the molecule is CC1CCC(CO)(NS(=O)(=O)CCCC(=O)O)CC1. The van der Waals surface area contributed by atoms with Crippen molar-refractivity contribution in [2.45, 2.75) is 51.0 Å². The van der Waals surface area contributed by atoms with Crippen LogP contribution in [0.1, 0.15) is 45.4 Å². The van der Waals surface area contributed by atoms with Gasteiger partial charge in [0, 0.05) is 6.42 Å². The van der Waals surface area contributed by atoms with Crippen LogP contribution in [-0.2, 0) is 14.8 Å². The Hall–Kier alpha value is -0.660. The van der Waals surface area contributed by atoms with Crippen LogP contribution >= 0.6 is 0 Å². The molecule has 0 radical (unpaired) electrons. The van der Waals surface area contributed by atoms with Gasteiger partial charge in [0.25, 0.3) is 0 Å². The molecule has 0 bridgehead atoms. The van der Waals surface area contributed by atoms with Crippen LogP contribution in [-0.4, -0.2) is 42.5 Å². The summed E-state index contributed by atoms with van der Waals surface area (Å²) < 4.78 is 26.4. The van der Waals surface area contributed by atoms with Crippen molar-refractivity contribution in [3.05, 3.63) is 0 Å². The van der Waals surface area contributed by atoms with Gasteiger partial charge < -0.3 is 10.2 Å². The number of aliphatic carboxylic acids is 1. The number of carboxylic acids is 1. The lowest BCUT2D eigenvalue weighted by Crippen LogP contribution is -2.53. The zero-order valence-electron chi connectivity index (χ0n) is 11.3. The Bertz CT molecular complexity index is 398. The highest BCUT2D eigenvalue weighted by Crippen LogP contribution is 2.32. The van der Waals surface area contributed by atoms with Crippen LogP contribution in [0.2, 0.25) is 0 Å². The molecule has 0 aromatic carbocycles. The molecule has 1 fully saturated rings. The van der Waals surface area contributed by atoms with Crippen LogP contribution in [0.4, 0.5) is 0 Å². The standard InChI is InChI=1S/C12H23NO5S/c1-10-4-6-12(9-14,7-5-10)13-19(17,18)8-2-3-11(15)16/h10,13-14H,2-9H2,1H3,(H,15,16). The molecule has 19 heavy (non-hydrogen) atoms. The van der Waals surface area contributed by atoms with Crippen LogP contribution in [0.25, 0.3) is 0 Å². The molecule has 0 aromatic rings. The number of nitrogens with one attached hydrogen (secondary N) is 1. The minimum atomic E-state index is -3.54. The number of carbonyl (C=O) groups is 1. The molecule has 1 rings (SSSR count). The highest BCUT2D eigenvalue weighted by atomic mass is 32.2. The maximum absolute atomic E-state index is 11.9. The van der Waals surface area contributed by atoms with E-state index in [2.05, 4.69) is 11.6 Å². The Morgan fingerprint density at radius 1 is 1.37 bits per heavy atom. The minimum Gasteiger partial charge on any atom is -0.481 e. The van der Waals surface area contributed by atoms with Gasteiger partial charge in [-0.3, -0.25) is 4.79 Å². The number of hydrogen-bond donors (Lipinski definition) is 3. The van der Waals surface area contributed by atoms with Gasteiger partial charge in [-0.15, -0.1) is 0 Å². The first-order chi connectivity index (χ1) is 8.79. The molecule has 3 N–H and O–H groups in total. The van der Waals surface area contributed by atoms with E-state index in [1.165, 1.54) is 0 Å². The second kappa shape index (κ2) is 6.67. The maximum Gasteiger partial charge on any atom is 0.303 e. The van der Waals surface area contributed by atoms with Crippen molar-refractivity contribution in [1.82, 2.24) is 4.72 Å². The largest absolute Gasteiger partial charge is 0.481 e. The molecule has 1 aliphatic carbocycles. The maximum atomic E-state index is 11.9. The summed E-state index contributed by atoms with van der Waals surface area (Å²) in [5.74, 6) is -0.661. The first-order valence-corrected chi connectivity index (χ1v) is 8.28. The average molecular weight is 293 g/mol. The molecule has 0 amide bonds. The Balaban J connectivity index is 2.56. The molecule has 6 nitrogen and oxygen atoms in total. The van der Waals surface area contributed by atoms with E-state index in [0.29, 0.717) is 18.8 Å². The second-order valence-corrected chi connectivity index (χ2v) is 7.38. The Morgan fingerprint density at radius 3 is 2.42 bits per heavy atom. The summed E-state index contributed by atoms with van der Waals surface area (Å²) in [6, 6.07) is 0.